The Morgan fingerprint density at radius 2 is 1.94 bits per heavy atom. The number of furan rings is 1. The predicted molar refractivity (Wildman–Crippen MR) is 66.5 cm³/mol. The van der Waals surface area contributed by atoms with Crippen LogP contribution >= 0.6 is 0 Å². The van der Waals surface area contributed by atoms with Crippen LogP contribution in [-0.4, -0.2) is 0 Å². The SMILES string of the molecule is CCc1ccc(CNc2ccc(C)c(F)c2)o1. The summed E-state index contributed by atoms with van der Waals surface area (Å²) in [5.74, 6) is 1.64. The summed E-state index contributed by atoms with van der Waals surface area (Å²) >= 11 is 0. The van der Waals surface area contributed by atoms with Crippen LogP contribution in [0.5, 0.6) is 0 Å². The number of hydrogen-bond acceptors (Lipinski definition) is 2. The van der Waals surface area contributed by atoms with Crippen molar-refractivity contribution < 1.29 is 8.81 Å². The lowest BCUT2D eigenvalue weighted by atomic mass is 10.2. The largest absolute Gasteiger partial charge is 0.464 e. The second kappa shape index (κ2) is 5.04. The van der Waals surface area contributed by atoms with E-state index in [2.05, 4.69) is 5.32 Å². The van der Waals surface area contributed by atoms with E-state index in [9.17, 15) is 4.39 Å². The van der Waals surface area contributed by atoms with Crippen molar-refractivity contribution in [2.45, 2.75) is 26.8 Å². The van der Waals surface area contributed by atoms with Crippen LogP contribution in [0.15, 0.2) is 34.7 Å². The second-order valence-corrected chi connectivity index (χ2v) is 4.04. The van der Waals surface area contributed by atoms with Gasteiger partial charge in [0, 0.05) is 12.1 Å². The highest BCUT2D eigenvalue weighted by molar-refractivity contribution is 5.45. The zero-order valence-corrected chi connectivity index (χ0v) is 10.1. The van der Waals surface area contributed by atoms with Gasteiger partial charge in [-0.15, -0.1) is 0 Å². The Morgan fingerprint density at radius 3 is 2.59 bits per heavy atom. The number of nitrogens with one attached hydrogen (secondary N) is 1. The van der Waals surface area contributed by atoms with Crippen molar-refractivity contribution in [3.8, 4) is 0 Å². The second-order valence-electron chi connectivity index (χ2n) is 4.04. The lowest BCUT2D eigenvalue weighted by molar-refractivity contribution is 0.476. The molecule has 2 aromatic rings. The minimum Gasteiger partial charge on any atom is -0.464 e. The van der Waals surface area contributed by atoms with Crippen LogP contribution < -0.4 is 5.32 Å². The first kappa shape index (κ1) is 11.7. The van der Waals surface area contributed by atoms with Gasteiger partial charge in [-0.05, 0) is 36.8 Å². The minimum atomic E-state index is -0.191. The highest BCUT2D eigenvalue weighted by Gasteiger charge is 2.02. The number of halogens is 1. The third kappa shape index (κ3) is 2.87. The molecule has 0 aliphatic carbocycles. The standard InChI is InChI=1S/C14H16FNO/c1-3-12-6-7-13(17-12)9-16-11-5-4-10(2)14(15)8-11/h4-8,16H,3,9H2,1-2H3. The van der Waals surface area contributed by atoms with Crippen molar-refractivity contribution in [3.63, 3.8) is 0 Å². The van der Waals surface area contributed by atoms with Gasteiger partial charge in [0.2, 0.25) is 0 Å². The molecule has 0 spiro atoms. The molecule has 1 heterocycles. The van der Waals surface area contributed by atoms with Crippen LogP contribution in [0.3, 0.4) is 0 Å². The lowest BCUT2D eigenvalue weighted by Gasteiger charge is -2.05. The van der Waals surface area contributed by atoms with Gasteiger partial charge in [0.15, 0.2) is 0 Å². The van der Waals surface area contributed by atoms with Crippen LogP contribution in [0.1, 0.15) is 24.0 Å². The van der Waals surface area contributed by atoms with Gasteiger partial charge in [-0.25, -0.2) is 4.39 Å². The molecule has 0 aliphatic rings. The van der Waals surface area contributed by atoms with E-state index in [1.807, 2.05) is 25.1 Å². The summed E-state index contributed by atoms with van der Waals surface area (Å²) in [7, 11) is 0. The van der Waals surface area contributed by atoms with Crippen molar-refractivity contribution in [1.29, 1.82) is 0 Å². The predicted octanol–water partition coefficient (Wildman–Crippen LogP) is 3.90. The molecule has 2 rings (SSSR count). The van der Waals surface area contributed by atoms with E-state index in [0.29, 0.717) is 12.1 Å². The highest BCUT2D eigenvalue weighted by atomic mass is 19.1. The Kier molecular flexibility index (Phi) is 3.47. The van der Waals surface area contributed by atoms with E-state index in [1.165, 1.54) is 6.07 Å². The molecule has 2 nitrogen and oxygen atoms in total. The zero-order valence-electron chi connectivity index (χ0n) is 10.1. The van der Waals surface area contributed by atoms with Gasteiger partial charge in [0.25, 0.3) is 0 Å². The average molecular weight is 233 g/mol. The van der Waals surface area contributed by atoms with Gasteiger partial charge in [-0.2, -0.15) is 0 Å². The molecule has 17 heavy (non-hydrogen) atoms. The first-order chi connectivity index (χ1) is 8.19. The van der Waals surface area contributed by atoms with Crippen molar-refractivity contribution >= 4 is 5.69 Å². The topological polar surface area (TPSA) is 25.2 Å². The number of aryl methyl sites for hydroxylation is 2. The quantitative estimate of drug-likeness (QED) is 0.866. The van der Waals surface area contributed by atoms with Gasteiger partial charge in [0.1, 0.15) is 17.3 Å². The molecule has 1 N–H and O–H groups in total. The van der Waals surface area contributed by atoms with Gasteiger partial charge in [0.05, 0.1) is 6.54 Å². The van der Waals surface area contributed by atoms with E-state index in [4.69, 9.17) is 4.42 Å². The molecule has 0 radical (unpaired) electrons. The minimum absolute atomic E-state index is 0.191. The van der Waals surface area contributed by atoms with Gasteiger partial charge in [-0.3, -0.25) is 0 Å². The van der Waals surface area contributed by atoms with E-state index in [0.717, 1.165) is 23.6 Å². The van der Waals surface area contributed by atoms with E-state index in [1.54, 1.807) is 13.0 Å². The maximum absolute atomic E-state index is 13.3. The maximum atomic E-state index is 13.3. The zero-order chi connectivity index (χ0) is 12.3. The van der Waals surface area contributed by atoms with Crippen molar-refractivity contribution in [2.24, 2.45) is 0 Å². The summed E-state index contributed by atoms with van der Waals surface area (Å²) < 4.78 is 18.9. The molecule has 0 saturated carbocycles. The van der Waals surface area contributed by atoms with Crippen molar-refractivity contribution in [2.75, 3.05) is 5.32 Å². The fourth-order valence-electron chi connectivity index (χ4n) is 1.60. The normalized spacial score (nSPS) is 10.5. The Labute approximate surface area is 100 Å². The Bertz CT molecular complexity index is 505. The first-order valence-electron chi connectivity index (χ1n) is 5.76. The molecule has 1 aromatic carbocycles. The Balaban J connectivity index is 1.99. The summed E-state index contributed by atoms with van der Waals surface area (Å²) in [6.45, 7) is 4.37. The molecular formula is C14H16FNO. The fourth-order valence-corrected chi connectivity index (χ4v) is 1.60. The molecular weight excluding hydrogens is 217 g/mol. The van der Waals surface area contributed by atoms with Crippen LogP contribution in [0.25, 0.3) is 0 Å². The number of hydrogen-bond donors (Lipinski definition) is 1. The van der Waals surface area contributed by atoms with Gasteiger partial charge in [-0.1, -0.05) is 13.0 Å². The highest BCUT2D eigenvalue weighted by Crippen LogP contribution is 2.15. The molecule has 3 heteroatoms. The molecule has 90 valence electrons. The van der Waals surface area contributed by atoms with Crippen molar-refractivity contribution in [3.05, 3.63) is 53.2 Å². The summed E-state index contributed by atoms with van der Waals surface area (Å²) in [6, 6.07) is 9.03. The smallest absolute Gasteiger partial charge is 0.128 e. The van der Waals surface area contributed by atoms with Crippen molar-refractivity contribution in [1.82, 2.24) is 0 Å². The van der Waals surface area contributed by atoms with Gasteiger partial charge >= 0.3 is 0 Å². The summed E-state index contributed by atoms with van der Waals surface area (Å²) in [5, 5.41) is 3.13. The van der Waals surface area contributed by atoms with Crippen LogP contribution in [0, 0.1) is 12.7 Å². The number of benzene rings is 1. The Hall–Kier alpha value is -1.77. The Morgan fingerprint density at radius 1 is 1.18 bits per heavy atom. The third-order valence-corrected chi connectivity index (χ3v) is 2.70. The first-order valence-corrected chi connectivity index (χ1v) is 5.76. The molecule has 0 bridgehead atoms. The number of anilines is 1. The maximum Gasteiger partial charge on any atom is 0.128 e. The number of rotatable bonds is 4. The van der Waals surface area contributed by atoms with Crippen LogP contribution in [-0.2, 0) is 13.0 Å². The van der Waals surface area contributed by atoms with E-state index >= 15 is 0 Å². The summed E-state index contributed by atoms with van der Waals surface area (Å²) in [4.78, 5) is 0. The van der Waals surface area contributed by atoms with Crippen LogP contribution in [0.2, 0.25) is 0 Å². The molecule has 0 fully saturated rings. The van der Waals surface area contributed by atoms with Gasteiger partial charge < -0.3 is 9.73 Å². The fraction of sp³-hybridized carbons (Fsp3) is 0.286. The molecule has 0 aliphatic heterocycles. The molecule has 0 atom stereocenters. The van der Waals surface area contributed by atoms with E-state index in [-0.39, 0.29) is 5.82 Å². The molecule has 0 saturated heterocycles. The van der Waals surface area contributed by atoms with E-state index < -0.39 is 0 Å². The molecule has 0 unspecified atom stereocenters. The molecule has 1 aromatic heterocycles. The monoisotopic (exact) mass is 233 g/mol. The third-order valence-electron chi connectivity index (χ3n) is 2.70. The van der Waals surface area contributed by atoms with Crippen LogP contribution in [0.4, 0.5) is 10.1 Å². The lowest BCUT2D eigenvalue weighted by Crippen LogP contribution is -1.98. The molecule has 0 amide bonds. The summed E-state index contributed by atoms with van der Waals surface area (Å²) in [5.41, 5.74) is 1.42. The summed E-state index contributed by atoms with van der Waals surface area (Å²) in [6.07, 6.45) is 0.888. The average Bonchev–Trinajstić information content (AvgIpc) is 2.79.